The van der Waals surface area contributed by atoms with E-state index >= 15 is 0 Å². The van der Waals surface area contributed by atoms with E-state index in [-0.39, 0.29) is 0 Å². The first-order valence-electron chi connectivity index (χ1n) is 6.46. The van der Waals surface area contributed by atoms with E-state index in [0.29, 0.717) is 10.0 Å². The van der Waals surface area contributed by atoms with Gasteiger partial charge in [0.2, 0.25) is 0 Å². The molecular weight excluding hydrogens is 357 g/mol. The van der Waals surface area contributed by atoms with E-state index in [1.165, 1.54) is 5.56 Å². The molecule has 0 atom stereocenters. The molecule has 0 aliphatic rings. The van der Waals surface area contributed by atoms with E-state index in [9.17, 15) is 0 Å². The molecule has 0 saturated heterocycles. The van der Waals surface area contributed by atoms with E-state index in [1.54, 1.807) is 0 Å². The molecule has 20 heavy (non-hydrogen) atoms. The van der Waals surface area contributed by atoms with Gasteiger partial charge in [-0.05, 0) is 17.2 Å². The summed E-state index contributed by atoms with van der Waals surface area (Å²) in [6.45, 7) is 2.65. The van der Waals surface area contributed by atoms with Crippen LogP contribution in [0.25, 0.3) is 0 Å². The smallest absolute Gasteiger partial charge is 0.0637 e. The summed E-state index contributed by atoms with van der Waals surface area (Å²) in [5, 5.41) is 2.20. The van der Waals surface area contributed by atoms with E-state index in [0.717, 1.165) is 30.5 Å². The molecule has 2 rings (SSSR count). The van der Waals surface area contributed by atoms with Crippen LogP contribution in [0.3, 0.4) is 0 Å². The van der Waals surface area contributed by atoms with Crippen LogP contribution in [0.15, 0.2) is 48.5 Å². The number of hydrogen-bond acceptors (Lipinski definition) is 1. The molecule has 0 N–H and O–H groups in total. The Bertz CT molecular complexity index is 545. The highest BCUT2D eigenvalue weighted by Crippen LogP contribution is 2.26. The SMILES string of the molecule is Clc1cccc(CN(CCBr)Cc2ccccc2)c1Cl. The molecule has 0 amide bonds. The number of alkyl halides is 1. The first kappa shape index (κ1) is 15.8. The zero-order chi connectivity index (χ0) is 14.4. The predicted molar refractivity (Wildman–Crippen MR) is 90.8 cm³/mol. The number of hydrogen-bond donors (Lipinski definition) is 0. The molecule has 1 nitrogen and oxygen atoms in total. The monoisotopic (exact) mass is 371 g/mol. The first-order chi connectivity index (χ1) is 9.70. The lowest BCUT2D eigenvalue weighted by molar-refractivity contribution is 0.274. The van der Waals surface area contributed by atoms with E-state index in [2.05, 4.69) is 45.1 Å². The van der Waals surface area contributed by atoms with Gasteiger partial charge in [0.15, 0.2) is 0 Å². The van der Waals surface area contributed by atoms with Crippen molar-refractivity contribution in [3.63, 3.8) is 0 Å². The summed E-state index contributed by atoms with van der Waals surface area (Å²) in [6.07, 6.45) is 0. The average Bonchev–Trinajstić information content (AvgIpc) is 2.45. The molecule has 2 aromatic carbocycles. The maximum atomic E-state index is 6.27. The Hall–Kier alpha value is -0.540. The molecule has 0 aromatic heterocycles. The summed E-state index contributed by atoms with van der Waals surface area (Å²) in [5.74, 6) is 0. The van der Waals surface area contributed by atoms with Gasteiger partial charge in [0, 0.05) is 25.0 Å². The Morgan fingerprint density at radius 2 is 1.65 bits per heavy atom. The Balaban J connectivity index is 2.11. The molecule has 0 aliphatic carbocycles. The fourth-order valence-electron chi connectivity index (χ4n) is 2.09. The fourth-order valence-corrected chi connectivity index (χ4v) is 2.97. The minimum Gasteiger partial charge on any atom is -0.294 e. The van der Waals surface area contributed by atoms with Gasteiger partial charge >= 0.3 is 0 Å². The third-order valence-electron chi connectivity index (χ3n) is 3.08. The quantitative estimate of drug-likeness (QED) is 0.614. The van der Waals surface area contributed by atoms with Gasteiger partial charge < -0.3 is 0 Å². The van der Waals surface area contributed by atoms with Crippen molar-refractivity contribution in [3.05, 3.63) is 69.7 Å². The highest BCUT2D eigenvalue weighted by Gasteiger charge is 2.10. The minimum atomic E-state index is 0.614. The molecule has 0 saturated carbocycles. The summed E-state index contributed by atoms with van der Waals surface area (Å²) in [7, 11) is 0. The van der Waals surface area contributed by atoms with Gasteiger partial charge in [0.05, 0.1) is 10.0 Å². The second kappa shape index (κ2) is 8.04. The molecule has 0 aliphatic heterocycles. The summed E-state index contributed by atoms with van der Waals surface area (Å²) < 4.78 is 0. The maximum Gasteiger partial charge on any atom is 0.0637 e. The highest BCUT2D eigenvalue weighted by molar-refractivity contribution is 9.09. The number of nitrogens with zero attached hydrogens (tertiary/aromatic N) is 1. The number of rotatable bonds is 6. The molecule has 0 bridgehead atoms. The Morgan fingerprint density at radius 1 is 0.900 bits per heavy atom. The van der Waals surface area contributed by atoms with Crippen LogP contribution >= 0.6 is 39.1 Å². The maximum absolute atomic E-state index is 6.27. The topological polar surface area (TPSA) is 3.24 Å². The van der Waals surface area contributed by atoms with Gasteiger partial charge in [0.25, 0.3) is 0 Å². The lowest BCUT2D eigenvalue weighted by atomic mass is 10.1. The molecular formula is C16H16BrCl2N. The van der Waals surface area contributed by atoms with Gasteiger partial charge in [-0.3, -0.25) is 4.90 Å². The van der Waals surface area contributed by atoms with Gasteiger partial charge in [-0.2, -0.15) is 0 Å². The van der Waals surface area contributed by atoms with Crippen molar-refractivity contribution >= 4 is 39.1 Å². The van der Waals surface area contributed by atoms with Crippen LogP contribution in [0.2, 0.25) is 10.0 Å². The Labute approximate surface area is 138 Å². The predicted octanol–water partition coefficient (Wildman–Crippen LogP) is 5.39. The number of halogens is 3. The van der Waals surface area contributed by atoms with Crippen molar-refractivity contribution in [3.8, 4) is 0 Å². The third kappa shape index (κ3) is 4.49. The van der Waals surface area contributed by atoms with Crippen LogP contribution in [0.5, 0.6) is 0 Å². The zero-order valence-electron chi connectivity index (χ0n) is 11.0. The van der Waals surface area contributed by atoms with Crippen molar-refractivity contribution in [2.75, 3.05) is 11.9 Å². The fraction of sp³-hybridized carbons (Fsp3) is 0.250. The van der Waals surface area contributed by atoms with E-state index in [1.807, 2.05) is 24.3 Å². The first-order valence-corrected chi connectivity index (χ1v) is 8.33. The van der Waals surface area contributed by atoms with Gasteiger partial charge in [-0.25, -0.2) is 0 Å². The molecule has 0 unspecified atom stereocenters. The summed E-state index contributed by atoms with van der Waals surface area (Å²) in [6, 6.07) is 16.2. The molecule has 4 heteroatoms. The highest BCUT2D eigenvalue weighted by atomic mass is 79.9. The summed E-state index contributed by atoms with van der Waals surface area (Å²) in [4.78, 5) is 2.35. The molecule has 2 aromatic rings. The van der Waals surface area contributed by atoms with Crippen molar-refractivity contribution in [2.45, 2.75) is 13.1 Å². The summed E-state index contributed by atoms with van der Waals surface area (Å²) in [5.41, 5.74) is 2.36. The molecule has 106 valence electrons. The van der Waals surface area contributed by atoms with Gasteiger partial charge in [-0.1, -0.05) is 81.6 Å². The second-order valence-electron chi connectivity index (χ2n) is 4.60. The average molecular weight is 373 g/mol. The van der Waals surface area contributed by atoms with Crippen molar-refractivity contribution in [1.82, 2.24) is 4.90 Å². The van der Waals surface area contributed by atoms with Gasteiger partial charge in [0.1, 0.15) is 0 Å². The molecule has 0 radical (unpaired) electrons. The molecule has 0 fully saturated rings. The normalized spacial score (nSPS) is 11.0. The van der Waals surface area contributed by atoms with Crippen molar-refractivity contribution < 1.29 is 0 Å². The summed E-state index contributed by atoms with van der Waals surface area (Å²) >= 11 is 15.9. The molecule has 0 spiro atoms. The number of benzene rings is 2. The van der Waals surface area contributed by atoms with Crippen molar-refractivity contribution in [1.29, 1.82) is 0 Å². The lowest BCUT2D eigenvalue weighted by Crippen LogP contribution is -2.25. The second-order valence-corrected chi connectivity index (χ2v) is 6.18. The van der Waals surface area contributed by atoms with Crippen LogP contribution in [-0.4, -0.2) is 16.8 Å². The van der Waals surface area contributed by atoms with E-state index < -0.39 is 0 Å². The van der Waals surface area contributed by atoms with Crippen LogP contribution < -0.4 is 0 Å². The molecule has 0 heterocycles. The van der Waals surface area contributed by atoms with E-state index in [4.69, 9.17) is 23.2 Å². The zero-order valence-corrected chi connectivity index (χ0v) is 14.1. The van der Waals surface area contributed by atoms with Crippen LogP contribution in [0.1, 0.15) is 11.1 Å². The standard InChI is InChI=1S/C16H16BrCl2N/c17-9-10-20(11-13-5-2-1-3-6-13)12-14-7-4-8-15(18)16(14)19/h1-8H,9-12H2. The Kier molecular flexibility index (Phi) is 6.37. The van der Waals surface area contributed by atoms with Gasteiger partial charge in [-0.15, -0.1) is 0 Å². The largest absolute Gasteiger partial charge is 0.294 e. The minimum absolute atomic E-state index is 0.614. The van der Waals surface area contributed by atoms with Crippen LogP contribution in [0, 0.1) is 0 Å². The third-order valence-corrected chi connectivity index (χ3v) is 4.29. The van der Waals surface area contributed by atoms with Crippen molar-refractivity contribution in [2.24, 2.45) is 0 Å². The lowest BCUT2D eigenvalue weighted by Gasteiger charge is -2.22. The van der Waals surface area contributed by atoms with Crippen LogP contribution in [-0.2, 0) is 13.1 Å². The van der Waals surface area contributed by atoms with Crippen LogP contribution in [0.4, 0.5) is 0 Å². The Morgan fingerprint density at radius 3 is 2.35 bits per heavy atom.